The first-order valence-electron chi connectivity index (χ1n) is 8.95. The fourth-order valence-electron chi connectivity index (χ4n) is 2.97. The molecule has 0 saturated heterocycles. The third-order valence-corrected chi connectivity index (χ3v) is 4.87. The van der Waals surface area contributed by atoms with Gasteiger partial charge in [0.2, 0.25) is 5.91 Å². The van der Waals surface area contributed by atoms with E-state index in [4.69, 9.17) is 16.0 Å². The van der Waals surface area contributed by atoms with Gasteiger partial charge < -0.3 is 23.9 Å². The number of aromatic nitrogens is 2. The number of aliphatic hydroxyl groups is 1. The van der Waals surface area contributed by atoms with Gasteiger partial charge in [-0.1, -0.05) is 11.6 Å². The van der Waals surface area contributed by atoms with Crippen LogP contribution in [0.25, 0.3) is 11.0 Å². The van der Waals surface area contributed by atoms with Gasteiger partial charge in [-0.05, 0) is 32.0 Å². The van der Waals surface area contributed by atoms with E-state index in [2.05, 4.69) is 14.6 Å². The van der Waals surface area contributed by atoms with Crippen molar-refractivity contribution in [2.75, 3.05) is 11.9 Å². The van der Waals surface area contributed by atoms with Gasteiger partial charge in [-0.15, -0.1) is 8.78 Å². The zero-order valence-corrected chi connectivity index (χ0v) is 17.2. The number of halogens is 3. The van der Waals surface area contributed by atoms with Crippen molar-refractivity contribution in [1.82, 2.24) is 9.78 Å². The van der Waals surface area contributed by atoms with Crippen LogP contribution in [0, 0.1) is 0 Å². The molecule has 31 heavy (non-hydrogen) atoms. The normalized spacial score (nSPS) is 14.8. The number of alkyl halides is 2. The fraction of sp³-hybridized carbons (Fsp3) is 0.316. The maximum absolute atomic E-state index is 13.2. The summed E-state index contributed by atoms with van der Waals surface area (Å²) in [6, 6.07) is 5.19. The number of hydrogen-bond donors (Lipinski definition) is 1. The lowest BCUT2D eigenvalue weighted by Gasteiger charge is -2.18. The number of benzene rings is 1. The number of fused-ring (bicyclic) bond motifs is 2. The molecule has 3 aromatic rings. The van der Waals surface area contributed by atoms with Crippen LogP contribution in [-0.2, 0) is 16.9 Å². The van der Waals surface area contributed by atoms with Crippen molar-refractivity contribution in [1.29, 1.82) is 0 Å². The van der Waals surface area contributed by atoms with Gasteiger partial charge in [0.15, 0.2) is 22.2 Å². The van der Waals surface area contributed by atoms with Gasteiger partial charge in [-0.25, -0.2) is 4.68 Å². The Balaban J connectivity index is 1.62. The summed E-state index contributed by atoms with van der Waals surface area (Å²) in [4.78, 5) is 26.6. The number of nitrogens with zero attached hydrogens (tertiary/aromatic N) is 3. The minimum Gasteiger partial charge on any atom is -0.454 e. The number of hydrogen-bond acceptors (Lipinski definition) is 7. The molecule has 3 heterocycles. The van der Waals surface area contributed by atoms with E-state index in [-0.39, 0.29) is 39.1 Å². The second-order valence-electron chi connectivity index (χ2n) is 7.42. The third kappa shape index (κ3) is 3.81. The highest BCUT2D eigenvalue weighted by atomic mass is 35.5. The van der Waals surface area contributed by atoms with Gasteiger partial charge in [0.25, 0.3) is 5.56 Å². The number of carbonyl (C=O) groups excluding carboxylic acids is 1. The summed E-state index contributed by atoms with van der Waals surface area (Å²) in [5, 5.41) is 13.9. The molecule has 0 radical (unpaired) electrons. The van der Waals surface area contributed by atoms with Crippen molar-refractivity contribution in [3.8, 4) is 11.5 Å². The van der Waals surface area contributed by atoms with Gasteiger partial charge in [-0.3, -0.25) is 9.59 Å². The molecule has 0 fully saturated rings. The molecule has 0 aliphatic carbocycles. The predicted molar refractivity (Wildman–Crippen MR) is 105 cm³/mol. The first-order chi connectivity index (χ1) is 14.4. The van der Waals surface area contributed by atoms with E-state index in [9.17, 15) is 23.5 Å². The number of ether oxygens (including phenoxy) is 2. The maximum Gasteiger partial charge on any atom is 0.586 e. The van der Waals surface area contributed by atoms with E-state index in [0.29, 0.717) is 0 Å². The van der Waals surface area contributed by atoms with E-state index < -0.39 is 29.9 Å². The average Bonchev–Trinajstić information content (AvgIpc) is 3.24. The Hall–Kier alpha value is -3.18. The molecular formula is C19H16ClF2N3O6. The summed E-state index contributed by atoms with van der Waals surface area (Å²) in [6.45, 7) is 2.47. The molecule has 12 heteroatoms. The fourth-order valence-corrected chi connectivity index (χ4v) is 3.20. The molecule has 2 aromatic heterocycles. The highest BCUT2D eigenvalue weighted by Gasteiger charge is 2.43. The van der Waals surface area contributed by atoms with E-state index in [1.807, 2.05) is 0 Å². The zero-order chi connectivity index (χ0) is 22.7. The maximum atomic E-state index is 13.2. The monoisotopic (exact) mass is 455 g/mol. The first kappa shape index (κ1) is 21.1. The van der Waals surface area contributed by atoms with Crippen LogP contribution in [0.4, 0.5) is 14.5 Å². The zero-order valence-electron chi connectivity index (χ0n) is 16.5. The minimum absolute atomic E-state index is 0.00227. The molecule has 0 spiro atoms. The Morgan fingerprint density at radius 1 is 1.29 bits per heavy atom. The standard InChI is InChI=1S/C19H16ClF2N3O6/c1-18(2,28)13-7-10-15(29-13)16(20)23-25(17(10)27)8-14(26)24(3)9-4-5-11-12(6-9)31-19(21,22)30-11/h4-7,28H,8H2,1-3H3. The molecule has 1 N–H and O–H groups in total. The molecule has 0 atom stereocenters. The second kappa shape index (κ2) is 6.92. The van der Waals surface area contributed by atoms with Gasteiger partial charge in [0.05, 0.1) is 5.39 Å². The molecule has 0 saturated carbocycles. The van der Waals surface area contributed by atoms with Crippen LogP contribution in [0.5, 0.6) is 11.5 Å². The number of likely N-dealkylation sites (N-methyl/N-ethyl adjacent to an activating group) is 1. The molecule has 0 bridgehead atoms. The van der Waals surface area contributed by atoms with Crippen LogP contribution in [-0.4, -0.2) is 34.1 Å². The van der Waals surface area contributed by atoms with Gasteiger partial charge in [0, 0.05) is 18.8 Å². The highest BCUT2D eigenvalue weighted by Crippen LogP contribution is 2.42. The number of anilines is 1. The van der Waals surface area contributed by atoms with Crippen molar-refractivity contribution in [3.63, 3.8) is 0 Å². The number of amides is 1. The molecule has 9 nitrogen and oxygen atoms in total. The summed E-state index contributed by atoms with van der Waals surface area (Å²) in [6.07, 6.45) is -3.78. The topological polar surface area (TPSA) is 107 Å². The van der Waals surface area contributed by atoms with E-state index in [1.165, 1.54) is 45.2 Å². The lowest BCUT2D eigenvalue weighted by molar-refractivity contribution is -0.286. The lowest BCUT2D eigenvalue weighted by atomic mass is 10.1. The Morgan fingerprint density at radius 3 is 2.65 bits per heavy atom. The summed E-state index contributed by atoms with van der Waals surface area (Å²) >= 11 is 6.10. The quantitative estimate of drug-likeness (QED) is 0.644. The first-order valence-corrected chi connectivity index (χ1v) is 9.33. The Labute approximate surface area is 178 Å². The molecular weight excluding hydrogens is 440 g/mol. The van der Waals surface area contributed by atoms with Gasteiger partial charge >= 0.3 is 6.29 Å². The van der Waals surface area contributed by atoms with Crippen molar-refractivity contribution < 1.29 is 32.6 Å². The number of carbonyl (C=O) groups is 1. The Morgan fingerprint density at radius 2 is 1.97 bits per heavy atom. The molecule has 1 amide bonds. The SMILES string of the molecule is CN(C(=O)Cn1nc(Cl)c2oc(C(C)(C)O)cc2c1=O)c1ccc2c(c1)OC(F)(F)O2. The van der Waals surface area contributed by atoms with E-state index in [0.717, 1.165) is 9.58 Å². The minimum atomic E-state index is -3.78. The molecule has 4 rings (SSSR count). The third-order valence-electron chi connectivity index (χ3n) is 4.63. The smallest absolute Gasteiger partial charge is 0.454 e. The van der Waals surface area contributed by atoms with Gasteiger partial charge in [-0.2, -0.15) is 5.10 Å². The Kier molecular flexibility index (Phi) is 4.70. The van der Waals surface area contributed by atoms with Crippen LogP contribution >= 0.6 is 11.6 Å². The number of furan rings is 1. The molecule has 164 valence electrons. The predicted octanol–water partition coefficient (Wildman–Crippen LogP) is 2.85. The highest BCUT2D eigenvalue weighted by molar-refractivity contribution is 6.33. The molecule has 0 unspecified atom stereocenters. The van der Waals surface area contributed by atoms with Crippen LogP contribution in [0.2, 0.25) is 5.15 Å². The average molecular weight is 456 g/mol. The van der Waals surface area contributed by atoms with Gasteiger partial charge in [0.1, 0.15) is 17.9 Å². The Bertz CT molecular complexity index is 1260. The van der Waals surface area contributed by atoms with Crippen LogP contribution in [0.3, 0.4) is 0 Å². The largest absolute Gasteiger partial charge is 0.586 e. The van der Waals surface area contributed by atoms with Crippen molar-refractivity contribution in [3.05, 3.63) is 45.5 Å². The van der Waals surface area contributed by atoms with Crippen molar-refractivity contribution in [2.45, 2.75) is 32.3 Å². The van der Waals surface area contributed by atoms with Crippen LogP contribution in [0.1, 0.15) is 19.6 Å². The van der Waals surface area contributed by atoms with Crippen molar-refractivity contribution in [2.24, 2.45) is 0 Å². The van der Waals surface area contributed by atoms with E-state index in [1.54, 1.807) is 0 Å². The summed E-state index contributed by atoms with van der Waals surface area (Å²) in [7, 11) is 1.40. The van der Waals surface area contributed by atoms with Crippen LogP contribution in [0.15, 0.2) is 33.5 Å². The molecule has 1 aliphatic rings. The summed E-state index contributed by atoms with van der Waals surface area (Å²) in [5.41, 5.74) is -1.77. The van der Waals surface area contributed by atoms with Crippen molar-refractivity contribution >= 4 is 34.2 Å². The molecule has 1 aromatic carbocycles. The lowest BCUT2D eigenvalue weighted by Crippen LogP contribution is -2.35. The van der Waals surface area contributed by atoms with E-state index >= 15 is 0 Å². The summed E-state index contributed by atoms with van der Waals surface area (Å²) < 4.78 is 41.4. The van der Waals surface area contributed by atoms with Crippen LogP contribution < -0.4 is 19.9 Å². The number of rotatable bonds is 4. The molecule has 1 aliphatic heterocycles. The second-order valence-corrected chi connectivity index (χ2v) is 7.78. The summed E-state index contributed by atoms with van der Waals surface area (Å²) in [5.74, 6) is -0.852.